The third kappa shape index (κ3) is 4.18. The molecule has 6 nitrogen and oxygen atoms in total. The highest BCUT2D eigenvalue weighted by Gasteiger charge is 2.36. The van der Waals surface area contributed by atoms with Crippen LogP contribution in [0.4, 0.5) is 4.79 Å². The average Bonchev–Trinajstić information content (AvgIpc) is 3.02. The third-order valence-corrected chi connectivity index (χ3v) is 4.17. The van der Waals surface area contributed by atoms with Crippen LogP contribution in [0.2, 0.25) is 5.02 Å². The van der Waals surface area contributed by atoms with Gasteiger partial charge in [-0.1, -0.05) is 11.6 Å². The minimum Gasteiger partial charge on any atom is -0.444 e. The normalized spacial score (nSPS) is 20.2. The van der Waals surface area contributed by atoms with Gasteiger partial charge in [-0.3, -0.25) is 4.68 Å². The van der Waals surface area contributed by atoms with Crippen molar-refractivity contribution in [3.05, 3.63) is 16.9 Å². The van der Waals surface area contributed by atoms with Crippen LogP contribution < -0.4 is 0 Å². The van der Waals surface area contributed by atoms with E-state index < -0.39 is 11.7 Å². The Bertz CT molecular complexity index is 565. The van der Waals surface area contributed by atoms with E-state index in [4.69, 9.17) is 16.3 Å². The van der Waals surface area contributed by atoms with Crippen molar-refractivity contribution in [3.63, 3.8) is 0 Å². The van der Waals surface area contributed by atoms with Crippen molar-refractivity contribution >= 4 is 17.7 Å². The fourth-order valence-electron chi connectivity index (χ4n) is 2.80. The van der Waals surface area contributed by atoms with Crippen molar-refractivity contribution < 1.29 is 14.6 Å². The van der Waals surface area contributed by atoms with Crippen LogP contribution in [0.3, 0.4) is 0 Å². The summed E-state index contributed by atoms with van der Waals surface area (Å²) < 4.78 is 7.13. The number of aliphatic hydroxyl groups excluding tert-OH is 1. The molecule has 1 aromatic rings. The summed E-state index contributed by atoms with van der Waals surface area (Å²) in [4.78, 5) is 13.8. The first-order valence-corrected chi connectivity index (χ1v) is 8.37. The van der Waals surface area contributed by atoms with Crippen molar-refractivity contribution in [1.82, 2.24) is 14.7 Å². The molecule has 0 radical (unpaired) electrons. The molecule has 23 heavy (non-hydrogen) atoms. The third-order valence-electron chi connectivity index (χ3n) is 3.88. The zero-order valence-corrected chi connectivity index (χ0v) is 15.2. The number of halogens is 1. The van der Waals surface area contributed by atoms with Crippen molar-refractivity contribution in [3.8, 4) is 0 Å². The average molecular weight is 344 g/mol. The standard InChI is InChI=1S/C16H26ClN3O3/c1-10(2)20-13(12(17)8-18-20)14(21)11-6-7-19(9-11)15(22)23-16(3,4)5/h8,10-11,14,21H,6-7,9H2,1-5H3. The molecular formula is C16H26ClN3O3. The number of aliphatic hydroxyl groups is 1. The molecule has 0 bridgehead atoms. The van der Waals surface area contributed by atoms with E-state index in [9.17, 15) is 9.90 Å². The zero-order chi connectivity index (χ0) is 17.4. The number of ether oxygens (including phenoxy) is 1. The minimum atomic E-state index is -0.750. The molecule has 1 amide bonds. The molecule has 0 aliphatic carbocycles. The van der Waals surface area contributed by atoms with Gasteiger partial charge < -0.3 is 14.7 Å². The molecule has 1 aliphatic heterocycles. The number of carbonyl (C=O) groups is 1. The maximum absolute atomic E-state index is 12.1. The first-order valence-electron chi connectivity index (χ1n) is 7.99. The summed E-state index contributed by atoms with van der Waals surface area (Å²) in [5.74, 6) is -0.0748. The van der Waals surface area contributed by atoms with Gasteiger partial charge in [0.2, 0.25) is 0 Å². The van der Waals surface area contributed by atoms with Crippen LogP contribution in [0.1, 0.15) is 58.9 Å². The molecule has 2 rings (SSSR count). The van der Waals surface area contributed by atoms with Crippen LogP contribution in [-0.2, 0) is 4.74 Å². The number of carbonyl (C=O) groups excluding carboxylic acids is 1. The van der Waals surface area contributed by atoms with Crippen molar-refractivity contribution in [1.29, 1.82) is 0 Å². The van der Waals surface area contributed by atoms with Gasteiger partial charge in [-0.2, -0.15) is 5.10 Å². The predicted molar refractivity (Wildman–Crippen MR) is 88.5 cm³/mol. The SMILES string of the molecule is CC(C)n1ncc(Cl)c1C(O)C1CCN(C(=O)OC(C)(C)C)C1. The second-order valence-corrected chi connectivity index (χ2v) is 7.74. The van der Waals surface area contributed by atoms with E-state index in [1.165, 1.54) is 0 Å². The van der Waals surface area contributed by atoms with Crippen molar-refractivity contribution in [2.75, 3.05) is 13.1 Å². The molecule has 0 saturated carbocycles. The lowest BCUT2D eigenvalue weighted by Gasteiger charge is -2.25. The van der Waals surface area contributed by atoms with Crippen LogP contribution in [0, 0.1) is 5.92 Å². The highest BCUT2D eigenvalue weighted by atomic mass is 35.5. The van der Waals surface area contributed by atoms with E-state index in [0.717, 1.165) is 0 Å². The fourth-order valence-corrected chi connectivity index (χ4v) is 3.04. The van der Waals surface area contributed by atoms with E-state index >= 15 is 0 Å². The predicted octanol–water partition coefficient (Wildman–Crippen LogP) is 3.41. The highest BCUT2D eigenvalue weighted by molar-refractivity contribution is 6.31. The molecule has 7 heteroatoms. The molecule has 2 atom stereocenters. The van der Waals surface area contributed by atoms with Crippen LogP contribution in [-0.4, -0.2) is 44.6 Å². The summed E-state index contributed by atoms with van der Waals surface area (Å²) in [6.07, 6.45) is 1.18. The number of hydrogen-bond donors (Lipinski definition) is 1. The number of rotatable bonds is 3. The van der Waals surface area contributed by atoms with Crippen LogP contribution in [0.15, 0.2) is 6.20 Å². The van der Waals surface area contributed by atoms with Gasteiger partial charge in [-0.05, 0) is 41.0 Å². The molecule has 1 fully saturated rings. The molecule has 2 heterocycles. The molecule has 0 aromatic carbocycles. The lowest BCUT2D eigenvalue weighted by Crippen LogP contribution is -2.35. The zero-order valence-electron chi connectivity index (χ0n) is 14.4. The topological polar surface area (TPSA) is 67.6 Å². The van der Waals surface area contributed by atoms with Gasteiger partial charge >= 0.3 is 6.09 Å². The Balaban J connectivity index is 2.07. The first-order chi connectivity index (χ1) is 10.6. The van der Waals surface area contributed by atoms with Crippen LogP contribution in [0.5, 0.6) is 0 Å². The number of nitrogens with zero attached hydrogens (tertiary/aromatic N) is 3. The smallest absolute Gasteiger partial charge is 0.410 e. The monoisotopic (exact) mass is 343 g/mol. The molecule has 1 aliphatic rings. The number of aromatic nitrogens is 2. The fraction of sp³-hybridized carbons (Fsp3) is 0.750. The summed E-state index contributed by atoms with van der Waals surface area (Å²) in [6, 6.07) is 0.107. The Morgan fingerprint density at radius 2 is 2.13 bits per heavy atom. The Kier molecular flexibility index (Phi) is 5.26. The maximum atomic E-state index is 12.1. The van der Waals surface area contributed by atoms with Gasteiger partial charge in [-0.15, -0.1) is 0 Å². The summed E-state index contributed by atoms with van der Waals surface area (Å²) in [6.45, 7) is 10.5. The van der Waals surface area contributed by atoms with Gasteiger partial charge in [0.15, 0.2) is 0 Å². The van der Waals surface area contributed by atoms with E-state index in [1.54, 1.807) is 15.8 Å². The number of likely N-dealkylation sites (tertiary alicyclic amines) is 1. The minimum absolute atomic E-state index is 0.0748. The van der Waals surface area contributed by atoms with Gasteiger partial charge in [0.05, 0.1) is 16.9 Å². The molecule has 1 saturated heterocycles. The number of hydrogen-bond acceptors (Lipinski definition) is 4. The molecule has 1 aromatic heterocycles. The Morgan fingerprint density at radius 1 is 1.48 bits per heavy atom. The molecule has 130 valence electrons. The quantitative estimate of drug-likeness (QED) is 0.913. The summed E-state index contributed by atoms with van der Waals surface area (Å²) in [5.41, 5.74) is 0.102. The largest absolute Gasteiger partial charge is 0.444 e. The van der Waals surface area contributed by atoms with Crippen LogP contribution >= 0.6 is 11.6 Å². The van der Waals surface area contributed by atoms with Gasteiger partial charge in [0.25, 0.3) is 0 Å². The summed E-state index contributed by atoms with van der Waals surface area (Å²) >= 11 is 6.20. The Morgan fingerprint density at radius 3 is 2.70 bits per heavy atom. The van der Waals surface area contributed by atoms with E-state index in [1.807, 2.05) is 34.6 Å². The first kappa shape index (κ1) is 18.1. The van der Waals surface area contributed by atoms with Gasteiger partial charge in [0.1, 0.15) is 11.7 Å². The second-order valence-electron chi connectivity index (χ2n) is 7.34. The lowest BCUT2D eigenvalue weighted by atomic mass is 9.98. The summed E-state index contributed by atoms with van der Waals surface area (Å²) in [7, 11) is 0. The van der Waals surface area contributed by atoms with E-state index in [0.29, 0.717) is 30.2 Å². The van der Waals surface area contributed by atoms with E-state index in [2.05, 4.69) is 5.10 Å². The molecular weight excluding hydrogens is 318 g/mol. The van der Waals surface area contributed by atoms with Gasteiger partial charge in [-0.25, -0.2) is 4.79 Å². The number of amides is 1. The van der Waals surface area contributed by atoms with Crippen molar-refractivity contribution in [2.24, 2.45) is 5.92 Å². The lowest BCUT2D eigenvalue weighted by molar-refractivity contribution is 0.0265. The summed E-state index contributed by atoms with van der Waals surface area (Å²) in [5, 5.41) is 15.4. The van der Waals surface area contributed by atoms with E-state index in [-0.39, 0.29) is 18.1 Å². The second kappa shape index (κ2) is 6.69. The van der Waals surface area contributed by atoms with Crippen LogP contribution in [0.25, 0.3) is 0 Å². The molecule has 0 spiro atoms. The molecule has 2 unspecified atom stereocenters. The molecule has 1 N–H and O–H groups in total. The van der Waals surface area contributed by atoms with Crippen molar-refractivity contribution in [2.45, 2.75) is 58.8 Å². The Hall–Kier alpha value is -1.27. The maximum Gasteiger partial charge on any atom is 0.410 e. The Labute approximate surface area is 142 Å². The highest BCUT2D eigenvalue weighted by Crippen LogP contribution is 2.35. The van der Waals surface area contributed by atoms with Gasteiger partial charge in [0, 0.05) is 25.0 Å².